The van der Waals surface area contributed by atoms with E-state index < -0.39 is 0 Å². The van der Waals surface area contributed by atoms with Gasteiger partial charge < -0.3 is 14.8 Å². The second-order valence-corrected chi connectivity index (χ2v) is 8.76. The highest BCUT2D eigenvalue weighted by Crippen LogP contribution is 2.37. The lowest BCUT2D eigenvalue weighted by molar-refractivity contribution is -0.120. The molecule has 1 aliphatic carbocycles. The maximum Gasteiger partial charge on any atom is 0.242 e. The summed E-state index contributed by atoms with van der Waals surface area (Å²) in [4.78, 5) is 16.1. The third-order valence-corrected chi connectivity index (χ3v) is 6.90. The van der Waals surface area contributed by atoms with Crippen LogP contribution in [0.25, 0.3) is 0 Å². The molecule has 0 saturated heterocycles. The molecule has 1 atom stereocenters. The van der Waals surface area contributed by atoms with Gasteiger partial charge in [-0.2, -0.15) is 5.26 Å². The van der Waals surface area contributed by atoms with Gasteiger partial charge in [0.15, 0.2) is 11.5 Å². The number of carbonyl (C=O) groups excluding carboxylic acids is 1. The Balaban J connectivity index is 1.69. The van der Waals surface area contributed by atoms with Crippen molar-refractivity contribution in [3.05, 3.63) is 39.8 Å². The number of thiophene rings is 1. The van der Waals surface area contributed by atoms with Crippen LogP contribution in [0, 0.1) is 11.3 Å². The molecule has 0 fully saturated rings. The number of benzene rings is 1. The van der Waals surface area contributed by atoms with Crippen LogP contribution in [-0.4, -0.2) is 38.1 Å². The molecule has 1 heterocycles. The van der Waals surface area contributed by atoms with E-state index in [0.717, 1.165) is 36.8 Å². The van der Waals surface area contributed by atoms with Crippen molar-refractivity contribution in [1.29, 1.82) is 5.26 Å². The van der Waals surface area contributed by atoms with Gasteiger partial charge in [-0.05, 0) is 62.9 Å². The second kappa shape index (κ2) is 9.96. The van der Waals surface area contributed by atoms with Crippen LogP contribution in [0.1, 0.15) is 47.8 Å². The average Bonchev–Trinajstić information content (AvgIpc) is 2.91. The lowest BCUT2D eigenvalue weighted by Crippen LogP contribution is -2.39. The number of rotatable bonds is 7. The predicted octanol–water partition coefficient (Wildman–Crippen LogP) is 4.36. The number of methoxy groups -OCH3 is 2. The van der Waals surface area contributed by atoms with Crippen molar-refractivity contribution in [3.8, 4) is 17.6 Å². The van der Waals surface area contributed by atoms with E-state index >= 15 is 0 Å². The predicted molar refractivity (Wildman–Crippen MR) is 119 cm³/mol. The highest BCUT2D eigenvalue weighted by atomic mass is 32.1. The van der Waals surface area contributed by atoms with Crippen LogP contribution in [0.3, 0.4) is 0 Å². The number of hydrogen-bond acceptors (Lipinski definition) is 6. The van der Waals surface area contributed by atoms with Gasteiger partial charge in [-0.3, -0.25) is 9.69 Å². The third-order valence-electron chi connectivity index (χ3n) is 5.69. The highest BCUT2D eigenvalue weighted by Gasteiger charge is 2.24. The van der Waals surface area contributed by atoms with Crippen molar-refractivity contribution in [2.45, 2.75) is 51.6 Å². The van der Waals surface area contributed by atoms with E-state index in [9.17, 15) is 10.1 Å². The molecule has 1 N–H and O–H groups in total. The molecule has 7 heteroatoms. The number of amides is 1. The van der Waals surface area contributed by atoms with Gasteiger partial charge in [0.1, 0.15) is 11.1 Å². The Morgan fingerprint density at radius 3 is 2.67 bits per heavy atom. The molecule has 1 aromatic carbocycles. The van der Waals surface area contributed by atoms with Gasteiger partial charge in [-0.1, -0.05) is 12.5 Å². The summed E-state index contributed by atoms with van der Waals surface area (Å²) in [6, 6.07) is 7.72. The summed E-state index contributed by atoms with van der Waals surface area (Å²) in [5.74, 6) is 1.24. The van der Waals surface area contributed by atoms with Crippen LogP contribution in [0.5, 0.6) is 11.5 Å². The molecule has 0 spiro atoms. The van der Waals surface area contributed by atoms with E-state index in [1.165, 1.54) is 11.3 Å². The standard InChI is InChI=1S/C23H29N3O3S/c1-15(26(2)14-16-10-11-19(28-3)20(12-16)29-4)22(27)25-23-18(13-24)17-8-6-5-7-9-21(17)30-23/h10-12,15H,5-9,14H2,1-4H3,(H,25,27). The molecule has 1 aliphatic rings. The van der Waals surface area contributed by atoms with Crippen LogP contribution in [0.2, 0.25) is 0 Å². The van der Waals surface area contributed by atoms with Crippen molar-refractivity contribution in [3.63, 3.8) is 0 Å². The number of nitrogens with one attached hydrogen (secondary N) is 1. The Kier molecular flexibility index (Phi) is 7.35. The number of hydrogen-bond donors (Lipinski definition) is 1. The molecule has 1 aromatic heterocycles. The van der Waals surface area contributed by atoms with Crippen molar-refractivity contribution in [1.82, 2.24) is 4.90 Å². The fraction of sp³-hybridized carbons (Fsp3) is 0.478. The van der Waals surface area contributed by atoms with Gasteiger partial charge in [-0.25, -0.2) is 0 Å². The number of nitrogens with zero attached hydrogens (tertiary/aromatic N) is 2. The van der Waals surface area contributed by atoms with Gasteiger partial charge in [0.25, 0.3) is 0 Å². The molecule has 0 saturated carbocycles. The van der Waals surface area contributed by atoms with Crippen molar-refractivity contribution < 1.29 is 14.3 Å². The van der Waals surface area contributed by atoms with E-state index in [1.807, 2.05) is 37.1 Å². The van der Waals surface area contributed by atoms with Gasteiger partial charge in [-0.15, -0.1) is 11.3 Å². The number of fused-ring (bicyclic) bond motifs is 1. The van der Waals surface area contributed by atoms with E-state index in [2.05, 4.69) is 11.4 Å². The molecular formula is C23H29N3O3S. The molecule has 0 aliphatic heterocycles. The first-order valence-corrected chi connectivity index (χ1v) is 11.1. The van der Waals surface area contributed by atoms with E-state index in [4.69, 9.17) is 9.47 Å². The molecule has 1 amide bonds. The summed E-state index contributed by atoms with van der Waals surface area (Å²) >= 11 is 1.57. The molecule has 160 valence electrons. The van der Waals surface area contributed by atoms with Gasteiger partial charge in [0.2, 0.25) is 5.91 Å². The zero-order valence-electron chi connectivity index (χ0n) is 18.1. The Bertz CT molecular complexity index is 948. The second-order valence-electron chi connectivity index (χ2n) is 7.65. The average molecular weight is 428 g/mol. The summed E-state index contributed by atoms with van der Waals surface area (Å²) < 4.78 is 10.7. The van der Waals surface area contributed by atoms with E-state index in [0.29, 0.717) is 28.6 Å². The van der Waals surface area contributed by atoms with Crippen LogP contribution in [-0.2, 0) is 24.2 Å². The maximum absolute atomic E-state index is 12.9. The number of anilines is 1. The minimum Gasteiger partial charge on any atom is -0.493 e. The van der Waals surface area contributed by atoms with E-state index in [-0.39, 0.29) is 11.9 Å². The quantitative estimate of drug-likeness (QED) is 0.665. The molecule has 0 radical (unpaired) electrons. The summed E-state index contributed by atoms with van der Waals surface area (Å²) in [7, 11) is 5.13. The smallest absolute Gasteiger partial charge is 0.242 e. The molecule has 30 heavy (non-hydrogen) atoms. The van der Waals surface area contributed by atoms with Crippen LogP contribution >= 0.6 is 11.3 Å². The molecule has 6 nitrogen and oxygen atoms in total. The summed E-state index contributed by atoms with van der Waals surface area (Å²) in [6.07, 6.45) is 5.39. The molecule has 3 rings (SSSR count). The molecule has 0 bridgehead atoms. The number of ether oxygens (including phenoxy) is 2. The van der Waals surface area contributed by atoms with Crippen molar-refractivity contribution in [2.75, 3.05) is 26.6 Å². The molecule has 1 unspecified atom stereocenters. The third kappa shape index (κ3) is 4.77. The fourth-order valence-electron chi connectivity index (χ4n) is 3.77. The fourth-order valence-corrected chi connectivity index (χ4v) is 5.01. The zero-order chi connectivity index (χ0) is 21.7. The van der Waals surface area contributed by atoms with Crippen molar-refractivity contribution >= 4 is 22.2 Å². The van der Waals surface area contributed by atoms with Crippen LogP contribution in [0.4, 0.5) is 5.00 Å². The highest BCUT2D eigenvalue weighted by molar-refractivity contribution is 7.16. The van der Waals surface area contributed by atoms with Gasteiger partial charge in [0.05, 0.1) is 25.8 Å². The first kappa shape index (κ1) is 22.1. The number of nitriles is 1. The first-order valence-electron chi connectivity index (χ1n) is 10.2. The SMILES string of the molecule is COc1ccc(CN(C)C(C)C(=O)Nc2sc3c(c2C#N)CCCCC3)cc1OC. The number of likely N-dealkylation sites (N-methyl/N-ethyl adjacent to an activating group) is 1. The maximum atomic E-state index is 12.9. The first-order chi connectivity index (χ1) is 14.5. The normalized spacial score (nSPS) is 14.4. The Morgan fingerprint density at radius 2 is 1.97 bits per heavy atom. The summed E-state index contributed by atoms with van der Waals surface area (Å²) in [5, 5.41) is 13.4. The zero-order valence-corrected chi connectivity index (χ0v) is 18.9. The van der Waals surface area contributed by atoms with Crippen molar-refractivity contribution in [2.24, 2.45) is 0 Å². The Hall–Kier alpha value is -2.56. The van der Waals surface area contributed by atoms with Crippen LogP contribution < -0.4 is 14.8 Å². The van der Waals surface area contributed by atoms with Gasteiger partial charge >= 0.3 is 0 Å². The molecular weight excluding hydrogens is 398 g/mol. The van der Waals surface area contributed by atoms with E-state index in [1.54, 1.807) is 25.6 Å². The Labute approximate surface area is 182 Å². The monoisotopic (exact) mass is 427 g/mol. The number of aryl methyl sites for hydroxylation is 1. The summed E-state index contributed by atoms with van der Waals surface area (Å²) in [5.41, 5.74) is 2.82. The lowest BCUT2D eigenvalue weighted by atomic mass is 10.1. The summed E-state index contributed by atoms with van der Waals surface area (Å²) in [6.45, 7) is 2.46. The minimum absolute atomic E-state index is 0.106. The molecule has 2 aromatic rings. The minimum atomic E-state index is -0.355. The topological polar surface area (TPSA) is 74.6 Å². The Morgan fingerprint density at radius 1 is 1.23 bits per heavy atom. The number of carbonyl (C=O) groups is 1. The van der Waals surface area contributed by atoms with Crippen LogP contribution in [0.15, 0.2) is 18.2 Å². The largest absolute Gasteiger partial charge is 0.493 e. The lowest BCUT2D eigenvalue weighted by Gasteiger charge is -2.24. The van der Waals surface area contributed by atoms with Gasteiger partial charge in [0, 0.05) is 11.4 Å².